The average Bonchev–Trinajstić information content (AvgIpc) is 2.98. The van der Waals surface area contributed by atoms with Gasteiger partial charge in [0.2, 0.25) is 0 Å². The standard InChI is InChI=1S/C25H19NO3/c27-23-19-11-5-4-10-18(19)14-15-21(23)25(29)20-12-6-7-13-22(20)26(24(25)28)16-17-8-2-1-3-9-17/h1-15,27,29H,16H2. The molecule has 1 aliphatic rings. The van der Waals surface area contributed by atoms with Gasteiger partial charge in [-0.15, -0.1) is 0 Å². The van der Waals surface area contributed by atoms with Crippen LogP contribution in [0, 0.1) is 0 Å². The lowest BCUT2D eigenvalue weighted by Crippen LogP contribution is -2.41. The van der Waals surface area contributed by atoms with Crippen molar-refractivity contribution in [2.24, 2.45) is 0 Å². The first kappa shape index (κ1) is 17.5. The number of phenols is 1. The van der Waals surface area contributed by atoms with Crippen molar-refractivity contribution in [3.05, 3.63) is 108 Å². The number of anilines is 1. The smallest absolute Gasteiger partial charge is 0.268 e. The number of rotatable bonds is 3. The molecular weight excluding hydrogens is 362 g/mol. The summed E-state index contributed by atoms with van der Waals surface area (Å²) in [6, 6.07) is 27.7. The molecule has 1 amide bonds. The zero-order valence-corrected chi connectivity index (χ0v) is 15.6. The van der Waals surface area contributed by atoms with Crippen molar-refractivity contribution in [1.82, 2.24) is 0 Å². The molecule has 2 N–H and O–H groups in total. The van der Waals surface area contributed by atoms with Gasteiger partial charge in [0.1, 0.15) is 5.75 Å². The summed E-state index contributed by atoms with van der Waals surface area (Å²) >= 11 is 0. The molecule has 0 saturated carbocycles. The Morgan fingerprint density at radius 1 is 0.759 bits per heavy atom. The van der Waals surface area contributed by atoms with E-state index in [-0.39, 0.29) is 11.3 Å². The van der Waals surface area contributed by atoms with Crippen LogP contribution in [0.5, 0.6) is 5.75 Å². The molecule has 142 valence electrons. The Balaban J connectivity index is 1.69. The molecule has 0 bridgehead atoms. The lowest BCUT2D eigenvalue weighted by Gasteiger charge is -2.25. The van der Waals surface area contributed by atoms with E-state index < -0.39 is 11.5 Å². The highest BCUT2D eigenvalue weighted by atomic mass is 16.3. The predicted octanol–water partition coefficient (Wildman–Crippen LogP) is 4.33. The molecular formula is C25H19NO3. The molecule has 1 aliphatic heterocycles. The molecule has 0 spiro atoms. The largest absolute Gasteiger partial charge is 0.507 e. The van der Waals surface area contributed by atoms with Gasteiger partial charge in [-0.2, -0.15) is 0 Å². The normalized spacial score (nSPS) is 18.2. The SMILES string of the molecule is O=C1N(Cc2ccccc2)c2ccccc2C1(O)c1ccc2ccccc2c1O. The number of para-hydroxylation sites is 1. The minimum absolute atomic E-state index is 0.0738. The number of nitrogens with zero attached hydrogens (tertiary/aromatic N) is 1. The number of benzene rings is 4. The number of carbonyl (C=O) groups is 1. The van der Waals surface area contributed by atoms with Crippen molar-refractivity contribution in [2.75, 3.05) is 4.90 Å². The summed E-state index contributed by atoms with van der Waals surface area (Å²) in [5, 5.41) is 24.1. The summed E-state index contributed by atoms with van der Waals surface area (Å²) in [6.07, 6.45) is 0. The second kappa shape index (κ2) is 6.47. The van der Waals surface area contributed by atoms with Crippen LogP contribution < -0.4 is 4.90 Å². The van der Waals surface area contributed by atoms with E-state index in [4.69, 9.17) is 0 Å². The van der Waals surface area contributed by atoms with E-state index in [0.717, 1.165) is 10.9 Å². The fourth-order valence-corrected chi connectivity index (χ4v) is 4.17. The van der Waals surface area contributed by atoms with Crippen molar-refractivity contribution >= 4 is 22.4 Å². The third-order valence-corrected chi connectivity index (χ3v) is 5.61. The topological polar surface area (TPSA) is 60.8 Å². The van der Waals surface area contributed by atoms with Crippen molar-refractivity contribution in [3.63, 3.8) is 0 Å². The van der Waals surface area contributed by atoms with Crippen LogP contribution in [-0.2, 0) is 16.9 Å². The average molecular weight is 381 g/mol. The second-order valence-electron chi connectivity index (χ2n) is 7.29. The van der Waals surface area contributed by atoms with Crippen LogP contribution in [0.4, 0.5) is 5.69 Å². The van der Waals surface area contributed by atoms with Gasteiger partial charge in [-0.1, -0.05) is 84.9 Å². The van der Waals surface area contributed by atoms with Crippen LogP contribution >= 0.6 is 0 Å². The maximum Gasteiger partial charge on any atom is 0.268 e. The molecule has 1 unspecified atom stereocenters. The molecule has 0 aliphatic carbocycles. The van der Waals surface area contributed by atoms with Crippen molar-refractivity contribution in [3.8, 4) is 5.75 Å². The van der Waals surface area contributed by atoms with Crippen LogP contribution in [0.25, 0.3) is 10.8 Å². The first-order valence-electron chi connectivity index (χ1n) is 9.49. The van der Waals surface area contributed by atoms with E-state index in [1.807, 2.05) is 66.7 Å². The van der Waals surface area contributed by atoms with E-state index in [0.29, 0.717) is 23.2 Å². The van der Waals surface area contributed by atoms with E-state index in [2.05, 4.69) is 0 Å². The van der Waals surface area contributed by atoms with Gasteiger partial charge in [0.25, 0.3) is 5.91 Å². The van der Waals surface area contributed by atoms with Crippen LogP contribution in [0.1, 0.15) is 16.7 Å². The number of fused-ring (bicyclic) bond motifs is 2. The molecule has 1 atom stereocenters. The zero-order valence-electron chi connectivity index (χ0n) is 15.6. The monoisotopic (exact) mass is 381 g/mol. The van der Waals surface area contributed by atoms with Gasteiger partial charge in [-0.05, 0) is 17.0 Å². The van der Waals surface area contributed by atoms with Crippen molar-refractivity contribution in [2.45, 2.75) is 12.1 Å². The highest BCUT2D eigenvalue weighted by Crippen LogP contribution is 2.48. The van der Waals surface area contributed by atoms with E-state index in [9.17, 15) is 15.0 Å². The lowest BCUT2D eigenvalue weighted by molar-refractivity contribution is -0.132. The van der Waals surface area contributed by atoms with Gasteiger partial charge in [0.05, 0.1) is 12.2 Å². The zero-order chi connectivity index (χ0) is 20.0. The summed E-state index contributed by atoms with van der Waals surface area (Å²) in [6.45, 7) is 0.341. The molecule has 29 heavy (non-hydrogen) atoms. The predicted molar refractivity (Wildman–Crippen MR) is 113 cm³/mol. The molecule has 4 aromatic rings. The van der Waals surface area contributed by atoms with Gasteiger partial charge < -0.3 is 15.1 Å². The number of hydrogen-bond acceptors (Lipinski definition) is 3. The number of aromatic hydroxyl groups is 1. The van der Waals surface area contributed by atoms with Gasteiger partial charge in [-0.25, -0.2) is 0 Å². The minimum atomic E-state index is -1.94. The summed E-state index contributed by atoms with van der Waals surface area (Å²) < 4.78 is 0. The Labute approximate surface area is 168 Å². The van der Waals surface area contributed by atoms with Crippen LogP contribution in [0.15, 0.2) is 91.0 Å². The highest BCUT2D eigenvalue weighted by Gasteiger charge is 2.52. The maximum absolute atomic E-state index is 13.5. The van der Waals surface area contributed by atoms with Crippen molar-refractivity contribution in [1.29, 1.82) is 0 Å². The second-order valence-corrected chi connectivity index (χ2v) is 7.29. The maximum atomic E-state index is 13.5. The molecule has 1 heterocycles. The Hall–Kier alpha value is -3.63. The quantitative estimate of drug-likeness (QED) is 0.555. The summed E-state index contributed by atoms with van der Waals surface area (Å²) in [5.74, 6) is -0.538. The van der Waals surface area contributed by atoms with Gasteiger partial charge >= 0.3 is 0 Å². The van der Waals surface area contributed by atoms with Crippen LogP contribution in [-0.4, -0.2) is 16.1 Å². The van der Waals surface area contributed by atoms with E-state index in [1.54, 1.807) is 29.2 Å². The fraction of sp³-hybridized carbons (Fsp3) is 0.0800. The molecule has 4 nitrogen and oxygen atoms in total. The molecule has 0 fully saturated rings. The minimum Gasteiger partial charge on any atom is -0.507 e. The fourth-order valence-electron chi connectivity index (χ4n) is 4.17. The Morgan fingerprint density at radius 3 is 2.28 bits per heavy atom. The number of phenolic OH excluding ortho intramolecular Hbond substituents is 1. The third kappa shape index (κ3) is 2.53. The van der Waals surface area contributed by atoms with Crippen LogP contribution in [0.3, 0.4) is 0 Å². The summed E-state index contributed by atoms with van der Waals surface area (Å²) in [5.41, 5.74) is 0.342. The summed E-state index contributed by atoms with van der Waals surface area (Å²) in [7, 11) is 0. The molecule has 0 aromatic heterocycles. The Kier molecular flexibility index (Phi) is 3.89. The molecule has 0 saturated heterocycles. The van der Waals surface area contributed by atoms with Crippen molar-refractivity contribution < 1.29 is 15.0 Å². The first-order chi connectivity index (χ1) is 14.1. The third-order valence-electron chi connectivity index (χ3n) is 5.61. The number of amides is 1. The van der Waals surface area contributed by atoms with Crippen LogP contribution in [0.2, 0.25) is 0 Å². The Bertz CT molecular complexity index is 1240. The van der Waals surface area contributed by atoms with Gasteiger partial charge in [-0.3, -0.25) is 4.79 Å². The van der Waals surface area contributed by atoms with Gasteiger partial charge in [0, 0.05) is 16.5 Å². The highest BCUT2D eigenvalue weighted by molar-refractivity contribution is 6.10. The Morgan fingerprint density at radius 2 is 1.45 bits per heavy atom. The van der Waals surface area contributed by atoms with E-state index >= 15 is 0 Å². The number of hydrogen-bond donors (Lipinski definition) is 2. The lowest BCUT2D eigenvalue weighted by atomic mass is 9.85. The molecule has 5 rings (SSSR count). The first-order valence-corrected chi connectivity index (χ1v) is 9.49. The summed E-state index contributed by atoms with van der Waals surface area (Å²) in [4.78, 5) is 15.1. The van der Waals surface area contributed by atoms with Gasteiger partial charge in [0.15, 0.2) is 5.60 Å². The number of aliphatic hydroxyl groups is 1. The van der Waals surface area contributed by atoms with E-state index in [1.165, 1.54) is 0 Å². The molecule has 0 radical (unpaired) electrons. The molecule has 4 aromatic carbocycles. The number of carbonyl (C=O) groups excluding carboxylic acids is 1. The molecule has 4 heteroatoms.